The fraction of sp³-hybridized carbons (Fsp3) is 0.600. The smallest absolute Gasteiger partial charge is 0.171 e. The van der Waals surface area contributed by atoms with Crippen LogP contribution in [0.15, 0.2) is 6.20 Å². The number of carbonyl (C=O) groups is 1. The Balaban J connectivity index is 2.75. The predicted octanol–water partition coefficient (Wildman–Crippen LogP) is 2.93. The van der Waals surface area contributed by atoms with Gasteiger partial charge >= 0.3 is 0 Å². The summed E-state index contributed by atoms with van der Waals surface area (Å²) in [6.45, 7) is 8.08. The van der Waals surface area contributed by atoms with Crippen molar-refractivity contribution in [2.24, 2.45) is 5.41 Å². The minimum atomic E-state index is 0.109. The third-order valence-electron chi connectivity index (χ3n) is 1.58. The molecule has 0 aliphatic carbocycles. The van der Waals surface area contributed by atoms with Crippen molar-refractivity contribution in [3.05, 3.63) is 16.1 Å². The zero-order valence-electron chi connectivity index (χ0n) is 8.55. The van der Waals surface area contributed by atoms with E-state index in [9.17, 15) is 4.79 Å². The van der Waals surface area contributed by atoms with E-state index in [4.69, 9.17) is 0 Å². The lowest BCUT2D eigenvalue weighted by Gasteiger charge is -2.15. The molecule has 0 aliphatic heterocycles. The van der Waals surface area contributed by atoms with Gasteiger partial charge in [0.2, 0.25) is 0 Å². The Hall–Kier alpha value is -0.700. The van der Waals surface area contributed by atoms with Crippen molar-refractivity contribution in [3.8, 4) is 0 Å². The van der Waals surface area contributed by atoms with Crippen LogP contribution in [0.5, 0.6) is 0 Å². The van der Waals surface area contributed by atoms with Crippen LogP contribution in [0.4, 0.5) is 0 Å². The van der Waals surface area contributed by atoms with Crippen LogP contribution in [-0.2, 0) is 6.42 Å². The van der Waals surface area contributed by atoms with Crippen molar-refractivity contribution in [2.75, 3.05) is 0 Å². The molecule has 2 nitrogen and oxygen atoms in total. The topological polar surface area (TPSA) is 30.0 Å². The first kappa shape index (κ1) is 10.4. The maximum atomic E-state index is 11.0. The van der Waals surface area contributed by atoms with Gasteiger partial charge in [-0.05, 0) is 5.41 Å². The van der Waals surface area contributed by atoms with Crippen LogP contribution >= 0.6 is 11.3 Å². The summed E-state index contributed by atoms with van der Waals surface area (Å²) in [6, 6.07) is 0. The molecule has 0 radical (unpaired) electrons. The van der Waals surface area contributed by atoms with Gasteiger partial charge in [-0.15, -0.1) is 11.3 Å². The zero-order chi connectivity index (χ0) is 10.1. The quantitative estimate of drug-likeness (QED) is 0.682. The summed E-state index contributed by atoms with van der Waals surface area (Å²) >= 11 is 1.51. The highest BCUT2D eigenvalue weighted by molar-refractivity contribution is 7.13. The number of thiazole rings is 1. The summed E-state index contributed by atoms with van der Waals surface area (Å²) in [7, 11) is 0. The molecule has 0 N–H and O–H groups in total. The van der Waals surface area contributed by atoms with E-state index in [2.05, 4.69) is 25.8 Å². The van der Waals surface area contributed by atoms with Crippen LogP contribution in [0.3, 0.4) is 0 Å². The summed E-state index contributed by atoms with van der Waals surface area (Å²) in [6.07, 6.45) is 2.61. The van der Waals surface area contributed by atoms with E-state index in [-0.39, 0.29) is 11.2 Å². The molecule has 13 heavy (non-hydrogen) atoms. The Morgan fingerprint density at radius 1 is 1.54 bits per heavy atom. The van der Waals surface area contributed by atoms with Crippen LogP contribution in [0.25, 0.3) is 0 Å². The molecule has 0 unspecified atom stereocenters. The lowest BCUT2D eigenvalue weighted by molar-refractivity contribution is 0.102. The van der Waals surface area contributed by atoms with E-state index in [1.165, 1.54) is 11.3 Å². The van der Waals surface area contributed by atoms with Crippen molar-refractivity contribution in [3.63, 3.8) is 0 Å². The molecule has 0 amide bonds. The molecule has 0 bridgehead atoms. The number of Topliss-reactive ketones (excluding diaryl/α,β-unsaturated/α-hetero) is 1. The van der Waals surface area contributed by atoms with Gasteiger partial charge in [-0.2, -0.15) is 0 Å². The second kappa shape index (κ2) is 3.58. The highest BCUT2D eigenvalue weighted by atomic mass is 32.1. The van der Waals surface area contributed by atoms with Crippen LogP contribution in [0, 0.1) is 5.41 Å². The number of ketones is 1. The molecule has 1 aromatic heterocycles. The first-order valence-electron chi connectivity index (χ1n) is 4.34. The molecule has 0 aliphatic rings. The molecule has 0 spiro atoms. The fourth-order valence-electron chi connectivity index (χ4n) is 1.01. The molecular weight excluding hydrogens is 182 g/mol. The number of hydrogen-bond donors (Lipinski definition) is 0. The molecule has 1 heterocycles. The largest absolute Gasteiger partial charge is 0.294 e. The minimum absolute atomic E-state index is 0.109. The van der Waals surface area contributed by atoms with Gasteiger partial charge in [0, 0.05) is 19.5 Å². The Morgan fingerprint density at radius 2 is 2.15 bits per heavy atom. The van der Waals surface area contributed by atoms with Crippen LogP contribution in [-0.4, -0.2) is 10.8 Å². The van der Waals surface area contributed by atoms with E-state index in [0.717, 1.165) is 16.3 Å². The molecule has 72 valence electrons. The Labute approximate surface area is 83.0 Å². The monoisotopic (exact) mass is 197 g/mol. The lowest BCUT2D eigenvalue weighted by atomic mass is 9.93. The molecule has 0 aromatic carbocycles. The normalized spacial score (nSPS) is 11.7. The number of carbonyl (C=O) groups excluding carboxylic acids is 1. The van der Waals surface area contributed by atoms with Gasteiger partial charge in [0.05, 0.1) is 9.88 Å². The minimum Gasteiger partial charge on any atom is -0.294 e. The van der Waals surface area contributed by atoms with Crippen molar-refractivity contribution in [1.29, 1.82) is 0 Å². The van der Waals surface area contributed by atoms with E-state index in [1.807, 2.05) is 0 Å². The van der Waals surface area contributed by atoms with Gasteiger partial charge in [-0.25, -0.2) is 4.98 Å². The number of hydrogen-bond acceptors (Lipinski definition) is 3. The molecule has 0 fully saturated rings. The van der Waals surface area contributed by atoms with E-state index < -0.39 is 0 Å². The Morgan fingerprint density at radius 3 is 2.54 bits per heavy atom. The average Bonchev–Trinajstić information content (AvgIpc) is 2.31. The maximum absolute atomic E-state index is 11.0. The van der Waals surface area contributed by atoms with Crippen LogP contribution < -0.4 is 0 Å². The SMILES string of the molecule is CC(=O)c1cnc(CC(C)(C)C)s1. The molecule has 0 saturated heterocycles. The first-order chi connectivity index (χ1) is 5.88. The van der Waals surface area contributed by atoms with Crippen LogP contribution in [0.2, 0.25) is 0 Å². The number of aromatic nitrogens is 1. The summed E-state index contributed by atoms with van der Waals surface area (Å²) < 4.78 is 0. The summed E-state index contributed by atoms with van der Waals surface area (Å²) in [5.74, 6) is 0.109. The maximum Gasteiger partial charge on any atom is 0.171 e. The molecule has 1 rings (SSSR count). The van der Waals surface area contributed by atoms with Crippen LogP contribution in [0.1, 0.15) is 42.4 Å². The second-order valence-corrected chi connectivity index (χ2v) is 5.53. The molecule has 0 atom stereocenters. The number of nitrogens with zero attached hydrogens (tertiary/aromatic N) is 1. The summed E-state index contributed by atoms with van der Waals surface area (Å²) in [5.41, 5.74) is 0.242. The Bertz CT molecular complexity index is 309. The van der Waals surface area contributed by atoms with Gasteiger partial charge in [-0.1, -0.05) is 20.8 Å². The molecule has 1 aromatic rings. The van der Waals surface area contributed by atoms with E-state index >= 15 is 0 Å². The third kappa shape index (κ3) is 3.27. The van der Waals surface area contributed by atoms with Gasteiger partial charge in [0.25, 0.3) is 0 Å². The van der Waals surface area contributed by atoms with E-state index in [1.54, 1.807) is 13.1 Å². The third-order valence-corrected chi connectivity index (χ3v) is 2.68. The van der Waals surface area contributed by atoms with Gasteiger partial charge in [0.15, 0.2) is 5.78 Å². The number of rotatable bonds is 2. The lowest BCUT2D eigenvalue weighted by Crippen LogP contribution is -2.08. The van der Waals surface area contributed by atoms with Crippen molar-refractivity contribution < 1.29 is 4.79 Å². The second-order valence-electron chi connectivity index (χ2n) is 4.41. The molecule has 3 heteroatoms. The predicted molar refractivity (Wildman–Crippen MR) is 55.3 cm³/mol. The molecule has 0 saturated carbocycles. The van der Waals surface area contributed by atoms with E-state index in [0.29, 0.717) is 0 Å². The summed E-state index contributed by atoms with van der Waals surface area (Å²) in [5, 5.41) is 1.05. The standard InChI is InChI=1S/C10H15NOS/c1-7(12)8-6-11-9(13-8)5-10(2,3)4/h6H,5H2,1-4H3. The average molecular weight is 197 g/mol. The van der Waals surface area contributed by atoms with Gasteiger partial charge in [0.1, 0.15) is 0 Å². The first-order valence-corrected chi connectivity index (χ1v) is 5.16. The van der Waals surface area contributed by atoms with Gasteiger partial charge < -0.3 is 0 Å². The Kier molecular flexibility index (Phi) is 2.86. The van der Waals surface area contributed by atoms with Crippen molar-refractivity contribution in [1.82, 2.24) is 4.98 Å². The summed E-state index contributed by atoms with van der Waals surface area (Å²) in [4.78, 5) is 16.0. The highest BCUT2D eigenvalue weighted by Crippen LogP contribution is 2.23. The highest BCUT2D eigenvalue weighted by Gasteiger charge is 2.14. The van der Waals surface area contributed by atoms with Crippen molar-refractivity contribution in [2.45, 2.75) is 34.1 Å². The van der Waals surface area contributed by atoms with Crippen molar-refractivity contribution >= 4 is 17.1 Å². The fourth-order valence-corrected chi connectivity index (χ4v) is 2.12. The van der Waals surface area contributed by atoms with Gasteiger partial charge in [-0.3, -0.25) is 4.79 Å². The zero-order valence-corrected chi connectivity index (χ0v) is 9.36. The molecular formula is C10H15NOS.